The minimum Gasteiger partial charge on any atom is -0.352 e. The predicted octanol–water partition coefficient (Wildman–Crippen LogP) is 4.52. The van der Waals surface area contributed by atoms with Crippen molar-refractivity contribution < 1.29 is 4.79 Å². The van der Waals surface area contributed by atoms with Gasteiger partial charge in [0.2, 0.25) is 5.91 Å². The summed E-state index contributed by atoms with van der Waals surface area (Å²) in [6.45, 7) is 1.94. The first-order valence-electron chi connectivity index (χ1n) is 8.54. The average molecular weight is 362 g/mol. The van der Waals surface area contributed by atoms with Crippen LogP contribution in [-0.2, 0) is 4.79 Å². The predicted molar refractivity (Wildman–Crippen MR) is 99.3 cm³/mol. The van der Waals surface area contributed by atoms with Crippen molar-refractivity contribution in [3.05, 3.63) is 40.9 Å². The molecule has 24 heavy (non-hydrogen) atoms. The lowest BCUT2D eigenvalue weighted by molar-refractivity contribution is -0.121. The molecule has 0 radical (unpaired) electrons. The highest BCUT2D eigenvalue weighted by Crippen LogP contribution is 2.37. The number of benzene rings is 1. The number of hydrogen-bond acceptors (Lipinski definition) is 5. The first kappa shape index (κ1) is 17.4. The van der Waals surface area contributed by atoms with Crippen molar-refractivity contribution in [2.75, 3.05) is 0 Å². The fourth-order valence-corrected chi connectivity index (χ4v) is 5.05. The van der Waals surface area contributed by atoms with Crippen LogP contribution in [0, 0.1) is 6.92 Å². The van der Waals surface area contributed by atoms with Gasteiger partial charge >= 0.3 is 0 Å². The number of carbonyl (C=O) groups is 1. The molecule has 1 atom stereocenters. The molecule has 1 saturated carbocycles. The Morgan fingerprint density at radius 3 is 2.50 bits per heavy atom. The zero-order valence-electron chi connectivity index (χ0n) is 13.9. The van der Waals surface area contributed by atoms with Crippen molar-refractivity contribution in [2.24, 2.45) is 0 Å². The van der Waals surface area contributed by atoms with Gasteiger partial charge < -0.3 is 5.32 Å². The molecule has 0 aliphatic heterocycles. The molecule has 1 fully saturated rings. The minimum absolute atomic E-state index is 0.0888. The van der Waals surface area contributed by atoms with E-state index in [1.807, 2.05) is 37.3 Å². The summed E-state index contributed by atoms with van der Waals surface area (Å²) in [6, 6.07) is 10.3. The normalized spacial score (nSPS) is 17.2. The summed E-state index contributed by atoms with van der Waals surface area (Å²) >= 11 is 3.04. The van der Waals surface area contributed by atoms with E-state index in [0.29, 0.717) is 6.04 Å². The quantitative estimate of drug-likeness (QED) is 0.628. The summed E-state index contributed by atoms with van der Waals surface area (Å²) in [5, 5.41) is 12.2. The zero-order valence-corrected chi connectivity index (χ0v) is 15.5. The van der Waals surface area contributed by atoms with E-state index in [-0.39, 0.29) is 11.2 Å². The molecule has 1 heterocycles. The standard InChI is InChI=1S/C18H23N3OS2/c1-13-20-21-18(23-13)24-16(14-9-5-4-6-10-14)17(22)19-15-11-7-2-3-8-12-15/h4-6,9-10,15-16H,2-3,7-8,11-12H2,1H3,(H,19,22)/t16-/m0/s1. The number of aromatic nitrogens is 2. The van der Waals surface area contributed by atoms with Gasteiger partial charge in [-0.1, -0.05) is 79.1 Å². The van der Waals surface area contributed by atoms with Crippen molar-refractivity contribution in [1.29, 1.82) is 0 Å². The first-order valence-corrected chi connectivity index (χ1v) is 10.2. The number of nitrogens with zero attached hydrogens (tertiary/aromatic N) is 2. The third kappa shape index (κ3) is 4.80. The Balaban J connectivity index is 1.74. The molecular formula is C18H23N3OS2. The fraction of sp³-hybridized carbons (Fsp3) is 0.500. The van der Waals surface area contributed by atoms with Crippen LogP contribution in [0.2, 0.25) is 0 Å². The second kappa shape index (κ2) is 8.62. The van der Waals surface area contributed by atoms with Crippen LogP contribution in [0.4, 0.5) is 0 Å². The zero-order chi connectivity index (χ0) is 16.8. The largest absolute Gasteiger partial charge is 0.352 e. The Morgan fingerprint density at radius 1 is 1.17 bits per heavy atom. The van der Waals surface area contributed by atoms with Crippen LogP contribution in [0.1, 0.15) is 54.3 Å². The summed E-state index contributed by atoms with van der Waals surface area (Å²) in [7, 11) is 0. The van der Waals surface area contributed by atoms with Crippen LogP contribution in [0.5, 0.6) is 0 Å². The second-order valence-corrected chi connectivity index (χ2v) is 8.73. The van der Waals surface area contributed by atoms with E-state index in [1.165, 1.54) is 48.8 Å². The van der Waals surface area contributed by atoms with Crippen molar-refractivity contribution in [3.8, 4) is 0 Å². The van der Waals surface area contributed by atoms with Crippen LogP contribution in [0.3, 0.4) is 0 Å². The number of rotatable bonds is 5. The van der Waals surface area contributed by atoms with Crippen molar-refractivity contribution in [1.82, 2.24) is 15.5 Å². The minimum atomic E-state index is -0.276. The van der Waals surface area contributed by atoms with Gasteiger partial charge in [0.15, 0.2) is 4.34 Å². The van der Waals surface area contributed by atoms with Gasteiger partial charge in [0, 0.05) is 6.04 Å². The Morgan fingerprint density at radius 2 is 1.88 bits per heavy atom. The molecule has 2 aromatic rings. The molecular weight excluding hydrogens is 338 g/mol. The van der Waals surface area contributed by atoms with Gasteiger partial charge in [0.1, 0.15) is 10.3 Å². The summed E-state index contributed by atoms with van der Waals surface area (Å²) < 4.78 is 0.845. The summed E-state index contributed by atoms with van der Waals surface area (Å²) in [6.07, 6.45) is 7.18. The van der Waals surface area contributed by atoms with Gasteiger partial charge in [0.25, 0.3) is 0 Å². The number of amides is 1. The van der Waals surface area contributed by atoms with Crippen molar-refractivity contribution in [3.63, 3.8) is 0 Å². The lowest BCUT2D eigenvalue weighted by atomic mass is 10.1. The molecule has 1 amide bonds. The Hall–Kier alpha value is -1.40. The fourth-order valence-electron chi connectivity index (χ4n) is 3.03. The highest BCUT2D eigenvalue weighted by Gasteiger charge is 2.26. The number of thioether (sulfide) groups is 1. The Bertz CT molecular complexity index is 651. The maximum absolute atomic E-state index is 13.0. The van der Waals surface area contributed by atoms with E-state index in [9.17, 15) is 4.79 Å². The van der Waals surface area contributed by atoms with Crippen LogP contribution in [0.15, 0.2) is 34.7 Å². The van der Waals surface area contributed by atoms with E-state index in [4.69, 9.17) is 0 Å². The summed E-state index contributed by atoms with van der Waals surface area (Å²) in [4.78, 5) is 13.0. The molecule has 1 aromatic heterocycles. The van der Waals surface area contributed by atoms with Crippen molar-refractivity contribution in [2.45, 2.75) is 61.1 Å². The number of carbonyl (C=O) groups excluding carboxylic acids is 1. The van der Waals surface area contributed by atoms with E-state index in [1.54, 1.807) is 0 Å². The highest BCUT2D eigenvalue weighted by atomic mass is 32.2. The van der Waals surface area contributed by atoms with Crippen LogP contribution in [0.25, 0.3) is 0 Å². The molecule has 1 aliphatic carbocycles. The van der Waals surface area contributed by atoms with Gasteiger partial charge in [0.05, 0.1) is 0 Å². The van der Waals surface area contributed by atoms with E-state index < -0.39 is 0 Å². The number of nitrogens with one attached hydrogen (secondary N) is 1. The average Bonchev–Trinajstić information content (AvgIpc) is 2.84. The van der Waals surface area contributed by atoms with Crippen LogP contribution < -0.4 is 5.32 Å². The monoisotopic (exact) mass is 361 g/mol. The van der Waals surface area contributed by atoms with Gasteiger partial charge in [-0.15, -0.1) is 10.2 Å². The molecule has 1 aromatic carbocycles. The van der Waals surface area contributed by atoms with Crippen LogP contribution >= 0.6 is 23.1 Å². The number of aryl methyl sites for hydroxylation is 1. The highest BCUT2D eigenvalue weighted by molar-refractivity contribution is 8.01. The molecule has 1 aliphatic rings. The van der Waals surface area contributed by atoms with Gasteiger partial charge in [-0.2, -0.15) is 0 Å². The SMILES string of the molecule is Cc1nnc(S[C@H](C(=O)NC2CCCCCC2)c2ccccc2)s1. The molecule has 0 unspecified atom stereocenters. The molecule has 3 rings (SSSR count). The smallest absolute Gasteiger partial charge is 0.238 e. The van der Waals surface area contributed by atoms with Gasteiger partial charge in [-0.25, -0.2) is 0 Å². The summed E-state index contributed by atoms with van der Waals surface area (Å²) in [5.41, 5.74) is 1.02. The Kier molecular flexibility index (Phi) is 6.26. The molecule has 0 saturated heterocycles. The van der Waals surface area contributed by atoms with E-state index >= 15 is 0 Å². The lowest BCUT2D eigenvalue weighted by Crippen LogP contribution is -2.37. The molecule has 6 heteroatoms. The summed E-state index contributed by atoms with van der Waals surface area (Å²) in [5.74, 6) is 0.0888. The van der Waals surface area contributed by atoms with E-state index in [2.05, 4.69) is 15.5 Å². The molecule has 0 spiro atoms. The van der Waals surface area contributed by atoms with Crippen LogP contribution in [-0.4, -0.2) is 22.1 Å². The third-order valence-corrected chi connectivity index (χ3v) is 6.45. The lowest BCUT2D eigenvalue weighted by Gasteiger charge is -2.21. The third-order valence-electron chi connectivity index (χ3n) is 4.27. The second-order valence-electron chi connectivity index (χ2n) is 6.19. The number of hydrogen-bond donors (Lipinski definition) is 1. The maximum atomic E-state index is 13.0. The molecule has 128 valence electrons. The molecule has 4 nitrogen and oxygen atoms in total. The maximum Gasteiger partial charge on any atom is 0.238 e. The van der Waals surface area contributed by atoms with Gasteiger partial charge in [-0.05, 0) is 25.3 Å². The Labute approximate surface area is 151 Å². The van der Waals surface area contributed by atoms with Gasteiger partial charge in [-0.3, -0.25) is 4.79 Å². The molecule has 1 N–H and O–H groups in total. The first-order chi connectivity index (χ1) is 11.7. The topological polar surface area (TPSA) is 54.9 Å². The van der Waals surface area contributed by atoms with Crippen molar-refractivity contribution >= 4 is 29.0 Å². The molecule has 0 bridgehead atoms. The van der Waals surface area contributed by atoms with E-state index in [0.717, 1.165) is 27.8 Å².